The maximum Gasteiger partial charge on any atom is 0.310 e. The molecule has 0 spiro atoms. The van der Waals surface area contributed by atoms with E-state index >= 15 is 0 Å². The summed E-state index contributed by atoms with van der Waals surface area (Å²) in [6.45, 7) is 3.87. The smallest absolute Gasteiger partial charge is 0.310 e. The van der Waals surface area contributed by atoms with Crippen molar-refractivity contribution >= 4 is 17.6 Å². The van der Waals surface area contributed by atoms with Crippen LogP contribution in [0.3, 0.4) is 0 Å². The van der Waals surface area contributed by atoms with Gasteiger partial charge in [0.05, 0.1) is 24.7 Å². The van der Waals surface area contributed by atoms with Crippen molar-refractivity contribution in [2.45, 2.75) is 20.3 Å². The Morgan fingerprint density at radius 1 is 1.56 bits per heavy atom. The van der Waals surface area contributed by atoms with Crippen LogP contribution in [0.5, 0.6) is 0 Å². The Hall–Kier alpha value is -1.53. The molecule has 0 aliphatic rings. The summed E-state index contributed by atoms with van der Waals surface area (Å²) in [5.74, 6) is -0.331. The summed E-state index contributed by atoms with van der Waals surface area (Å²) in [4.78, 5) is 11.4. The normalized spacial score (nSPS) is 9.62. The third-order valence-corrected chi connectivity index (χ3v) is 2.64. The van der Waals surface area contributed by atoms with Gasteiger partial charge in [0.2, 0.25) is 0 Å². The second-order valence-corrected chi connectivity index (χ2v) is 3.70. The fourth-order valence-corrected chi connectivity index (χ4v) is 1.69. The van der Waals surface area contributed by atoms with E-state index in [0.717, 1.165) is 5.56 Å². The lowest BCUT2D eigenvalue weighted by atomic mass is 10.0. The Kier molecular flexibility index (Phi) is 4.33. The molecule has 1 rings (SSSR count). The molecule has 0 atom stereocenters. The van der Waals surface area contributed by atoms with Gasteiger partial charge in [-0.1, -0.05) is 11.6 Å². The molecule has 16 heavy (non-hydrogen) atoms. The molecule has 0 heterocycles. The van der Waals surface area contributed by atoms with Gasteiger partial charge >= 0.3 is 5.97 Å². The highest BCUT2D eigenvalue weighted by atomic mass is 35.5. The second kappa shape index (κ2) is 5.53. The van der Waals surface area contributed by atoms with Crippen molar-refractivity contribution in [3.05, 3.63) is 33.8 Å². The van der Waals surface area contributed by atoms with Gasteiger partial charge in [0, 0.05) is 5.02 Å². The first-order valence-electron chi connectivity index (χ1n) is 4.93. The molecular formula is C12H12ClNO2. The Balaban J connectivity index is 3.04. The molecule has 84 valence electrons. The van der Waals surface area contributed by atoms with Gasteiger partial charge in [-0.15, -0.1) is 0 Å². The van der Waals surface area contributed by atoms with E-state index < -0.39 is 0 Å². The number of rotatable bonds is 3. The molecule has 0 saturated heterocycles. The molecule has 0 aliphatic carbocycles. The van der Waals surface area contributed by atoms with Crippen LogP contribution in [-0.4, -0.2) is 12.6 Å². The van der Waals surface area contributed by atoms with Crippen LogP contribution in [-0.2, 0) is 16.0 Å². The van der Waals surface area contributed by atoms with Gasteiger partial charge in [0.25, 0.3) is 0 Å². The number of hydrogen-bond donors (Lipinski definition) is 0. The van der Waals surface area contributed by atoms with Gasteiger partial charge in [0.1, 0.15) is 0 Å². The number of carbonyl (C=O) groups excluding carboxylic acids is 1. The van der Waals surface area contributed by atoms with Crippen molar-refractivity contribution in [2.75, 3.05) is 6.61 Å². The van der Waals surface area contributed by atoms with Crippen LogP contribution in [0.2, 0.25) is 5.02 Å². The molecule has 0 unspecified atom stereocenters. The number of nitrogens with zero attached hydrogens (tertiary/aromatic N) is 1. The second-order valence-electron chi connectivity index (χ2n) is 3.29. The largest absolute Gasteiger partial charge is 0.466 e. The molecule has 0 fully saturated rings. The summed E-state index contributed by atoms with van der Waals surface area (Å²) in [7, 11) is 0. The fourth-order valence-electron chi connectivity index (χ4n) is 1.42. The molecular weight excluding hydrogens is 226 g/mol. The van der Waals surface area contributed by atoms with E-state index in [0.29, 0.717) is 22.8 Å². The minimum atomic E-state index is -0.331. The number of ether oxygens (including phenoxy) is 1. The average molecular weight is 238 g/mol. The molecule has 0 N–H and O–H groups in total. The maximum absolute atomic E-state index is 11.4. The van der Waals surface area contributed by atoms with Crippen LogP contribution in [0.15, 0.2) is 12.1 Å². The average Bonchev–Trinajstić information content (AvgIpc) is 2.25. The van der Waals surface area contributed by atoms with Gasteiger partial charge in [-0.2, -0.15) is 5.26 Å². The fraction of sp³-hybridized carbons (Fsp3) is 0.333. The van der Waals surface area contributed by atoms with Crippen molar-refractivity contribution in [2.24, 2.45) is 0 Å². The highest BCUT2D eigenvalue weighted by Gasteiger charge is 2.13. The lowest BCUT2D eigenvalue weighted by Gasteiger charge is -2.09. The van der Waals surface area contributed by atoms with Gasteiger partial charge in [-0.25, -0.2) is 0 Å². The molecule has 0 saturated carbocycles. The zero-order valence-corrected chi connectivity index (χ0v) is 9.97. The number of hydrogen-bond acceptors (Lipinski definition) is 3. The zero-order chi connectivity index (χ0) is 12.1. The predicted molar refractivity (Wildman–Crippen MR) is 61.2 cm³/mol. The first-order chi connectivity index (χ1) is 7.60. The van der Waals surface area contributed by atoms with E-state index in [4.69, 9.17) is 21.6 Å². The van der Waals surface area contributed by atoms with Crippen molar-refractivity contribution in [3.63, 3.8) is 0 Å². The monoisotopic (exact) mass is 237 g/mol. The van der Waals surface area contributed by atoms with E-state index in [9.17, 15) is 4.79 Å². The molecule has 0 aromatic heterocycles. The van der Waals surface area contributed by atoms with Gasteiger partial charge in [-0.05, 0) is 37.1 Å². The first kappa shape index (κ1) is 12.5. The summed E-state index contributed by atoms with van der Waals surface area (Å²) in [5.41, 5.74) is 1.94. The van der Waals surface area contributed by atoms with Gasteiger partial charge in [0.15, 0.2) is 0 Å². The highest BCUT2D eigenvalue weighted by molar-refractivity contribution is 6.31. The van der Waals surface area contributed by atoms with Gasteiger partial charge in [-0.3, -0.25) is 4.79 Å². The number of nitriles is 1. The number of esters is 1. The Morgan fingerprint density at radius 2 is 2.25 bits per heavy atom. The van der Waals surface area contributed by atoms with E-state index in [1.807, 2.05) is 0 Å². The molecule has 0 amide bonds. The predicted octanol–water partition coefficient (Wildman–Crippen LogP) is 2.63. The van der Waals surface area contributed by atoms with E-state index in [1.165, 1.54) is 0 Å². The maximum atomic E-state index is 11.4. The summed E-state index contributed by atoms with van der Waals surface area (Å²) >= 11 is 5.99. The molecule has 3 nitrogen and oxygen atoms in total. The van der Waals surface area contributed by atoms with Crippen LogP contribution < -0.4 is 0 Å². The SMILES string of the molecule is CCOC(=O)Cc1c(Cl)ccc(C#N)c1C. The van der Waals surface area contributed by atoms with Crippen LogP contribution in [0.1, 0.15) is 23.6 Å². The molecule has 0 radical (unpaired) electrons. The molecule has 1 aromatic carbocycles. The minimum Gasteiger partial charge on any atom is -0.466 e. The lowest BCUT2D eigenvalue weighted by molar-refractivity contribution is -0.142. The Morgan fingerprint density at radius 3 is 2.81 bits per heavy atom. The molecule has 4 heteroatoms. The molecule has 1 aromatic rings. The standard InChI is InChI=1S/C12H12ClNO2/c1-3-16-12(15)6-10-8(2)9(7-14)4-5-11(10)13/h4-5H,3,6H2,1-2H3. The van der Waals surface area contributed by atoms with Crippen molar-refractivity contribution in [1.29, 1.82) is 5.26 Å². The topological polar surface area (TPSA) is 50.1 Å². The summed E-state index contributed by atoms with van der Waals surface area (Å²) in [6, 6.07) is 5.33. The van der Waals surface area contributed by atoms with Crippen molar-refractivity contribution < 1.29 is 9.53 Å². The number of benzene rings is 1. The third kappa shape index (κ3) is 2.74. The summed E-state index contributed by atoms with van der Waals surface area (Å²) in [6.07, 6.45) is 0.105. The molecule has 0 aliphatic heterocycles. The minimum absolute atomic E-state index is 0.105. The Bertz CT molecular complexity index is 449. The van der Waals surface area contributed by atoms with Crippen molar-refractivity contribution in [3.8, 4) is 6.07 Å². The van der Waals surface area contributed by atoms with Crippen molar-refractivity contribution in [1.82, 2.24) is 0 Å². The number of carbonyl (C=O) groups is 1. The van der Waals surface area contributed by atoms with E-state index in [2.05, 4.69) is 6.07 Å². The zero-order valence-electron chi connectivity index (χ0n) is 9.21. The van der Waals surface area contributed by atoms with Crippen LogP contribution in [0.4, 0.5) is 0 Å². The van der Waals surface area contributed by atoms with E-state index in [-0.39, 0.29) is 12.4 Å². The highest BCUT2D eigenvalue weighted by Crippen LogP contribution is 2.23. The van der Waals surface area contributed by atoms with Crippen LogP contribution >= 0.6 is 11.6 Å². The van der Waals surface area contributed by atoms with E-state index in [1.54, 1.807) is 26.0 Å². The third-order valence-electron chi connectivity index (χ3n) is 2.29. The van der Waals surface area contributed by atoms with Crippen LogP contribution in [0.25, 0.3) is 0 Å². The van der Waals surface area contributed by atoms with Gasteiger partial charge < -0.3 is 4.74 Å². The Labute approximate surface area is 99.6 Å². The summed E-state index contributed by atoms with van der Waals surface area (Å²) < 4.78 is 4.85. The first-order valence-corrected chi connectivity index (χ1v) is 5.31. The quantitative estimate of drug-likeness (QED) is 0.760. The number of halogens is 1. The summed E-state index contributed by atoms with van der Waals surface area (Å²) in [5, 5.41) is 9.35. The van der Waals surface area contributed by atoms with Crippen LogP contribution in [0, 0.1) is 18.3 Å². The lowest BCUT2D eigenvalue weighted by Crippen LogP contribution is -2.09. The molecule has 0 bridgehead atoms.